The average Bonchev–Trinajstić information content (AvgIpc) is 2.63. The Morgan fingerprint density at radius 3 is 2.65 bits per heavy atom. The Balaban J connectivity index is 2.17. The molecule has 0 bridgehead atoms. The highest BCUT2D eigenvalue weighted by molar-refractivity contribution is 6.29. The summed E-state index contributed by atoms with van der Waals surface area (Å²) in [4.78, 5) is 15.2. The van der Waals surface area contributed by atoms with Crippen LogP contribution in [0.25, 0.3) is 0 Å². The molecule has 2 aromatic heterocycles. The predicted octanol–water partition coefficient (Wildman–Crippen LogP) is 3.57. The van der Waals surface area contributed by atoms with Crippen molar-refractivity contribution in [3.05, 3.63) is 40.6 Å². The number of pyridine rings is 1. The predicted molar refractivity (Wildman–Crippen MR) is 80.8 cm³/mol. The van der Waals surface area contributed by atoms with Gasteiger partial charge in [0.05, 0.1) is 11.4 Å². The van der Waals surface area contributed by atoms with Crippen LogP contribution in [0.1, 0.15) is 30.8 Å². The summed E-state index contributed by atoms with van der Waals surface area (Å²) in [5.41, 5.74) is 4.50. The van der Waals surface area contributed by atoms with Crippen molar-refractivity contribution in [3.8, 4) is 0 Å². The normalized spacial score (nSPS) is 16.4. The van der Waals surface area contributed by atoms with Gasteiger partial charge in [0.15, 0.2) is 0 Å². The van der Waals surface area contributed by atoms with Crippen molar-refractivity contribution in [2.24, 2.45) is 0 Å². The van der Waals surface area contributed by atoms with Crippen LogP contribution >= 0.6 is 11.6 Å². The van der Waals surface area contributed by atoms with Crippen LogP contribution in [0, 0.1) is 13.8 Å². The molecular weight excluding hydrogens is 272 g/mol. The first-order valence-electron chi connectivity index (χ1n) is 6.62. The van der Waals surface area contributed by atoms with Gasteiger partial charge in [0.1, 0.15) is 17.3 Å². The van der Waals surface area contributed by atoms with E-state index >= 15 is 0 Å². The van der Waals surface area contributed by atoms with E-state index in [1.807, 2.05) is 0 Å². The Kier molecular flexibility index (Phi) is 2.94. The number of aromatic nitrogens is 3. The fourth-order valence-electron chi connectivity index (χ4n) is 2.63. The van der Waals surface area contributed by atoms with Gasteiger partial charge in [-0.05, 0) is 25.5 Å². The topological polar surface area (TPSA) is 41.9 Å². The summed E-state index contributed by atoms with van der Waals surface area (Å²) in [6.45, 7) is 9.38. The lowest BCUT2D eigenvalue weighted by Gasteiger charge is -2.20. The lowest BCUT2D eigenvalue weighted by molar-refractivity contribution is 0.551. The van der Waals surface area contributed by atoms with Gasteiger partial charge in [-0.2, -0.15) is 0 Å². The van der Waals surface area contributed by atoms with Crippen LogP contribution in [0.3, 0.4) is 0 Å². The van der Waals surface area contributed by atoms with Crippen molar-refractivity contribution in [1.82, 2.24) is 15.0 Å². The molecule has 0 atom stereocenters. The van der Waals surface area contributed by atoms with Crippen molar-refractivity contribution in [2.75, 3.05) is 11.4 Å². The van der Waals surface area contributed by atoms with E-state index in [9.17, 15) is 0 Å². The Labute approximate surface area is 123 Å². The number of anilines is 2. The van der Waals surface area contributed by atoms with Gasteiger partial charge in [-0.3, -0.25) is 4.98 Å². The molecule has 2 aromatic rings. The van der Waals surface area contributed by atoms with E-state index in [0.717, 1.165) is 29.4 Å². The second-order valence-corrected chi connectivity index (χ2v) is 6.31. The number of aryl methyl sites for hydroxylation is 2. The lowest BCUT2D eigenvalue weighted by atomic mass is 9.91. The first-order valence-corrected chi connectivity index (χ1v) is 7.00. The highest BCUT2D eigenvalue weighted by atomic mass is 35.5. The Hall–Kier alpha value is -1.68. The molecule has 0 amide bonds. The van der Waals surface area contributed by atoms with Gasteiger partial charge in [0, 0.05) is 23.7 Å². The molecule has 0 saturated carbocycles. The number of rotatable bonds is 1. The summed E-state index contributed by atoms with van der Waals surface area (Å²) in [6.07, 6.45) is 1.50. The zero-order chi connectivity index (χ0) is 14.5. The summed E-state index contributed by atoms with van der Waals surface area (Å²) in [5.74, 6) is 0.821. The molecule has 0 fully saturated rings. The minimum atomic E-state index is -0.00871. The van der Waals surface area contributed by atoms with E-state index in [1.54, 1.807) is 6.07 Å². The monoisotopic (exact) mass is 288 g/mol. The van der Waals surface area contributed by atoms with Gasteiger partial charge < -0.3 is 4.90 Å². The summed E-state index contributed by atoms with van der Waals surface area (Å²) >= 11 is 5.98. The van der Waals surface area contributed by atoms with E-state index in [-0.39, 0.29) is 5.41 Å². The van der Waals surface area contributed by atoms with E-state index in [2.05, 4.69) is 48.6 Å². The summed E-state index contributed by atoms with van der Waals surface area (Å²) in [7, 11) is 0. The third-order valence-corrected chi connectivity index (χ3v) is 4.03. The maximum absolute atomic E-state index is 5.98. The first kappa shape index (κ1) is 13.3. The molecule has 3 rings (SSSR count). The highest BCUT2D eigenvalue weighted by Gasteiger charge is 2.38. The van der Waals surface area contributed by atoms with E-state index in [4.69, 9.17) is 16.6 Å². The SMILES string of the molecule is Cc1cc2c(nc1C)C(C)(C)CN2c1cc(Cl)ncn1. The van der Waals surface area contributed by atoms with Crippen molar-refractivity contribution in [1.29, 1.82) is 0 Å². The number of fused-ring (bicyclic) bond motifs is 1. The largest absolute Gasteiger partial charge is 0.324 e. The summed E-state index contributed by atoms with van der Waals surface area (Å²) < 4.78 is 0. The van der Waals surface area contributed by atoms with Crippen molar-refractivity contribution in [2.45, 2.75) is 33.1 Å². The molecule has 3 heterocycles. The molecule has 0 spiro atoms. The fourth-order valence-corrected chi connectivity index (χ4v) is 2.77. The maximum Gasteiger partial charge on any atom is 0.137 e. The molecule has 0 N–H and O–H groups in total. The van der Waals surface area contributed by atoms with Crippen molar-refractivity contribution >= 4 is 23.1 Å². The molecule has 0 aliphatic carbocycles. The van der Waals surface area contributed by atoms with Gasteiger partial charge >= 0.3 is 0 Å². The van der Waals surface area contributed by atoms with Gasteiger partial charge in [0.2, 0.25) is 0 Å². The fraction of sp³-hybridized carbons (Fsp3) is 0.400. The Morgan fingerprint density at radius 2 is 1.95 bits per heavy atom. The zero-order valence-electron chi connectivity index (χ0n) is 12.1. The minimum Gasteiger partial charge on any atom is -0.324 e. The number of hydrogen-bond donors (Lipinski definition) is 0. The second kappa shape index (κ2) is 4.42. The molecule has 0 aromatic carbocycles. The molecule has 0 radical (unpaired) electrons. The third kappa shape index (κ3) is 2.04. The average molecular weight is 289 g/mol. The van der Waals surface area contributed by atoms with Gasteiger partial charge in [-0.1, -0.05) is 25.4 Å². The standard InChI is InChI=1S/C15H17ClN4/c1-9-5-11-14(19-10(9)2)15(3,4)7-20(11)13-6-12(16)17-8-18-13/h5-6,8H,7H2,1-4H3. The Bertz CT molecular complexity index is 682. The van der Waals surface area contributed by atoms with E-state index < -0.39 is 0 Å². The number of nitrogens with zero attached hydrogens (tertiary/aromatic N) is 4. The smallest absolute Gasteiger partial charge is 0.137 e. The highest BCUT2D eigenvalue weighted by Crippen LogP contribution is 2.43. The van der Waals surface area contributed by atoms with Crippen LogP contribution in [-0.2, 0) is 5.41 Å². The minimum absolute atomic E-state index is 0.00871. The second-order valence-electron chi connectivity index (χ2n) is 5.93. The maximum atomic E-state index is 5.98. The molecule has 1 aliphatic rings. The van der Waals surface area contributed by atoms with Crippen molar-refractivity contribution < 1.29 is 0 Å². The van der Waals surface area contributed by atoms with Gasteiger partial charge in [-0.15, -0.1) is 0 Å². The molecule has 5 heteroatoms. The van der Waals surface area contributed by atoms with Crippen molar-refractivity contribution in [3.63, 3.8) is 0 Å². The molecular formula is C15H17ClN4. The third-order valence-electron chi connectivity index (χ3n) is 3.83. The van der Waals surface area contributed by atoms with E-state index in [0.29, 0.717) is 5.15 Å². The summed E-state index contributed by atoms with van der Waals surface area (Å²) in [5, 5.41) is 0.457. The molecule has 104 valence electrons. The van der Waals surface area contributed by atoms with Crippen LogP contribution in [-0.4, -0.2) is 21.5 Å². The summed E-state index contributed by atoms with van der Waals surface area (Å²) in [6, 6.07) is 3.98. The molecule has 20 heavy (non-hydrogen) atoms. The van der Waals surface area contributed by atoms with Crippen LogP contribution in [0.5, 0.6) is 0 Å². The van der Waals surface area contributed by atoms with Crippen LogP contribution < -0.4 is 4.90 Å². The molecule has 0 saturated heterocycles. The zero-order valence-corrected chi connectivity index (χ0v) is 12.9. The number of halogens is 1. The van der Waals surface area contributed by atoms with Gasteiger partial charge in [0.25, 0.3) is 0 Å². The molecule has 0 unspecified atom stereocenters. The van der Waals surface area contributed by atoms with Gasteiger partial charge in [-0.25, -0.2) is 9.97 Å². The number of hydrogen-bond acceptors (Lipinski definition) is 4. The first-order chi connectivity index (χ1) is 9.38. The van der Waals surface area contributed by atoms with Crippen LogP contribution in [0.15, 0.2) is 18.5 Å². The quantitative estimate of drug-likeness (QED) is 0.752. The Morgan fingerprint density at radius 1 is 1.20 bits per heavy atom. The lowest BCUT2D eigenvalue weighted by Crippen LogP contribution is -2.26. The van der Waals surface area contributed by atoms with E-state index in [1.165, 1.54) is 11.9 Å². The molecule has 1 aliphatic heterocycles. The van der Waals surface area contributed by atoms with Crippen LogP contribution in [0.4, 0.5) is 11.5 Å². The molecule has 4 nitrogen and oxygen atoms in total. The van der Waals surface area contributed by atoms with Crippen LogP contribution in [0.2, 0.25) is 5.15 Å².